The lowest BCUT2D eigenvalue weighted by atomic mass is 10.1. The lowest BCUT2D eigenvalue weighted by Crippen LogP contribution is -2.36. The fourth-order valence-corrected chi connectivity index (χ4v) is 2.52. The summed E-state index contributed by atoms with van der Waals surface area (Å²) in [7, 11) is 0. The number of rotatable bonds is 6. The number of pyridine rings is 1. The molecule has 0 saturated heterocycles. The third-order valence-corrected chi connectivity index (χ3v) is 3.83. The van der Waals surface area contributed by atoms with Gasteiger partial charge >= 0.3 is 0 Å². The van der Waals surface area contributed by atoms with Crippen LogP contribution in [0.25, 0.3) is 6.08 Å². The summed E-state index contributed by atoms with van der Waals surface area (Å²) in [6.07, 6.45) is 6.36. The van der Waals surface area contributed by atoms with Gasteiger partial charge in [0.05, 0.1) is 0 Å². The summed E-state index contributed by atoms with van der Waals surface area (Å²) in [5, 5.41) is 5.60. The van der Waals surface area contributed by atoms with Crippen LogP contribution in [0.15, 0.2) is 91.3 Å². The van der Waals surface area contributed by atoms with E-state index in [0.29, 0.717) is 11.3 Å². The predicted molar refractivity (Wildman–Crippen MR) is 106 cm³/mol. The SMILES string of the molecule is O=C(/C=C/c1cccnc1)NC(C(=O)Nc1ccccc1)c1ccccc1. The normalized spacial score (nSPS) is 11.7. The number of aromatic nitrogens is 1. The number of hydrogen-bond donors (Lipinski definition) is 2. The Kier molecular flexibility index (Phi) is 6.09. The number of hydrogen-bond acceptors (Lipinski definition) is 3. The molecule has 2 amide bonds. The highest BCUT2D eigenvalue weighted by atomic mass is 16.2. The number of benzene rings is 2. The molecule has 2 N–H and O–H groups in total. The molecule has 0 spiro atoms. The summed E-state index contributed by atoms with van der Waals surface area (Å²) in [6, 6.07) is 21.1. The molecule has 0 radical (unpaired) electrons. The van der Waals surface area contributed by atoms with Gasteiger partial charge < -0.3 is 10.6 Å². The van der Waals surface area contributed by atoms with Crippen LogP contribution in [0.1, 0.15) is 17.2 Å². The van der Waals surface area contributed by atoms with Gasteiger partial charge in [0.1, 0.15) is 6.04 Å². The molecule has 27 heavy (non-hydrogen) atoms. The highest BCUT2D eigenvalue weighted by molar-refractivity contribution is 6.00. The molecule has 5 nitrogen and oxygen atoms in total. The van der Waals surface area contributed by atoms with E-state index in [2.05, 4.69) is 15.6 Å². The second-order valence-electron chi connectivity index (χ2n) is 5.83. The smallest absolute Gasteiger partial charge is 0.251 e. The molecule has 0 aliphatic carbocycles. The van der Waals surface area contributed by atoms with Gasteiger partial charge in [-0.2, -0.15) is 0 Å². The van der Waals surface area contributed by atoms with Gasteiger partial charge in [-0.05, 0) is 35.4 Å². The van der Waals surface area contributed by atoms with E-state index < -0.39 is 6.04 Å². The van der Waals surface area contributed by atoms with Crippen LogP contribution in [0.3, 0.4) is 0 Å². The molecule has 0 saturated carbocycles. The molecule has 3 rings (SSSR count). The first-order valence-corrected chi connectivity index (χ1v) is 8.52. The van der Waals surface area contributed by atoms with Crippen molar-refractivity contribution in [1.29, 1.82) is 0 Å². The summed E-state index contributed by atoms with van der Waals surface area (Å²) in [5.41, 5.74) is 2.18. The van der Waals surface area contributed by atoms with Crippen molar-refractivity contribution in [2.75, 3.05) is 5.32 Å². The Hall–Kier alpha value is -3.73. The second kappa shape index (κ2) is 9.10. The van der Waals surface area contributed by atoms with Gasteiger partial charge in [-0.1, -0.05) is 54.6 Å². The van der Waals surface area contributed by atoms with Crippen LogP contribution < -0.4 is 10.6 Å². The van der Waals surface area contributed by atoms with E-state index >= 15 is 0 Å². The minimum Gasteiger partial charge on any atom is -0.337 e. The Balaban J connectivity index is 1.75. The Morgan fingerprint density at radius 1 is 0.889 bits per heavy atom. The first kappa shape index (κ1) is 18.1. The minimum atomic E-state index is -0.808. The van der Waals surface area contributed by atoms with Crippen molar-refractivity contribution in [2.45, 2.75) is 6.04 Å². The minimum absolute atomic E-state index is 0.310. The largest absolute Gasteiger partial charge is 0.337 e. The first-order chi connectivity index (χ1) is 13.2. The molecule has 0 aliphatic heterocycles. The highest BCUT2D eigenvalue weighted by Crippen LogP contribution is 2.16. The molecule has 5 heteroatoms. The van der Waals surface area contributed by atoms with Gasteiger partial charge in [-0.25, -0.2) is 0 Å². The van der Waals surface area contributed by atoms with Crippen LogP contribution >= 0.6 is 0 Å². The molecule has 0 fully saturated rings. The summed E-state index contributed by atoms with van der Waals surface area (Å²) in [5.74, 6) is -0.675. The number of para-hydroxylation sites is 1. The number of amides is 2. The number of nitrogens with zero attached hydrogens (tertiary/aromatic N) is 1. The van der Waals surface area contributed by atoms with E-state index in [-0.39, 0.29) is 11.8 Å². The van der Waals surface area contributed by atoms with E-state index in [1.54, 1.807) is 48.8 Å². The first-order valence-electron chi connectivity index (χ1n) is 8.52. The Morgan fingerprint density at radius 3 is 2.26 bits per heavy atom. The van der Waals surface area contributed by atoms with Crippen molar-refractivity contribution in [1.82, 2.24) is 10.3 Å². The summed E-state index contributed by atoms with van der Waals surface area (Å²) >= 11 is 0. The number of carbonyl (C=O) groups is 2. The molecule has 0 aliphatic rings. The van der Waals surface area contributed by atoms with Gasteiger partial charge in [0.15, 0.2) is 0 Å². The molecule has 1 heterocycles. The summed E-state index contributed by atoms with van der Waals surface area (Å²) in [6.45, 7) is 0. The van der Waals surface area contributed by atoms with Gasteiger partial charge in [-0.15, -0.1) is 0 Å². The van der Waals surface area contributed by atoms with Crippen molar-refractivity contribution in [3.63, 3.8) is 0 Å². The van der Waals surface area contributed by atoms with E-state index in [1.165, 1.54) is 6.08 Å². The van der Waals surface area contributed by atoms with Crippen LogP contribution in [0, 0.1) is 0 Å². The molecule has 1 aromatic heterocycles. The van der Waals surface area contributed by atoms with Crippen LogP contribution in [0.5, 0.6) is 0 Å². The molecule has 134 valence electrons. The van der Waals surface area contributed by atoms with Gasteiger partial charge in [0.2, 0.25) is 5.91 Å². The van der Waals surface area contributed by atoms with Crippen molar-refractivity contribution in [2.24, 2.45) is 0 Å². The zero-order valence-corrected chi connectivity index (χ0v) is 14.6. The standard InChI is InChI=1S/C22H19N3O2/c26-20(14-13-17-8-7-15-23-16-17)25-21(18-9-3-1-4-10-18)22(27)24-19-11-5-2-6-12-19/h1-16,21H,(H,24,27)(H,25,26)/b14-13+. The zero-order valence-electron chi connectivity index (χ0n) is 14.6. The maximum absolute atomic E-state index is 12.8. The van der Waals surface area contributed by atoms with E-state index in [0.717, 1.165) is 5.56 Å². The number of carbonyl (C=O) groups excluding carboxylic acids is 2. The fourth-order valence-electron chi connectivity index (χ4n) is 2.52. The summed E-state index contributed by atoms with van der Waals surface area (Å²) < 4.78 is 0. The van der Waals surface area contributed by atoms with Crippen molar-refractivity contribution in [3.8, 4) is 0 Å². The van der Waals surface area contributed by atoms with Crippen LogP contribution in [-0.4, -0.2) is 16.8 Å². The van der Waals surface area contributed by atoms with Gasteiger partial charge in [0.25, 0.3) is 5.91 Å². The third-order valence-electron chi connectivity index (χ3n) is 3.83. The van der Waals surface area contributed by atoms with E-state index in [4.69, 9.17) is 0 Å². The molecule has 3 aromatic rings. The quantitative estimate of drug-likeness (QED) is 0.662. The molecule has 2 aromatic carbocycles. The van der Waals surface area contributed by atoms with Crippen molar-refractivity contribution >= 4 is 23.6 Å². The Morgan fingerprint density at radius 2 is 1.59 bits per heavy atom. The maximum Gasteiger partial charge on any atom is 0.251 e. The average Bonchev–Trinajstić information content (AvgIpc) is 2.72. The lowest BCUT2D eigenvalue weighted by molar-refractivity contribution is -0.123. The van der Waals surface area contributed by atoms with Gasteiger partial charge in [-0.3, -0.25) is 14.6 Å². The van der Waals surface area contributed by atoms with Crippen molar-refractivity contribution < 1.29 is 9.59 Å². The monoisotopic (exact) mass is 357 g/mol. The number of anilines is 1. The predicted octanol–water partition coefficient (Wildman–Crippen LogP) is 3.59. The van der Waals surface area contributed by atoms with Crippen LogP contribution in [0.4, 0.5) is 5.69 Å². The Labute approximate surface area is 157 Å². The van der Waals surface area contributed by atoms with Crippen molar-refractivity contribution in [3.05, 3.63) is 102 Å². The topological polar surface area (TPSA) is 71.1 Å². The second-order valence-corrected chi connectivity index (χ2v) is 5.83. The molecule has 0 bridgehead atoms. The zero-order chi connectivity index (χ0) is 18.9. The number of nitrogens with one attached hydrogen (secondary N) is 2. The van der Waals surface area contributed by atoms with Crippen LogP contribution in [-0.2, 0) is 9.59 Å². The average molecular weight is 357 g/mol. The molecule has 1 unspecified atom stereocenters. The van der Waals surface area contributed by atoms with E-state index in [9.17, 15) is 9.59 Å². The van der Waals surface area contributed by atoms with Gasteiger partial charge in [0, 0.05) is 24.2 Å². The molecular formula is C22H19N3O2. The fraction of sp³-hybridized carbons (Fsp3) is 0.0455. The summed E-state index contributed by atoms with van der Waals surface area (Å²) in [4.78, 5) is 29.1. The van der Waals surface area contributed by atoms with Crippen LogP contribution in [0.2, 0.25) is 0 Å². The third kappa shape index (κ3) is 5.37. The maximum atomic E-state index is 12.8. The van der Waals surface area contributed by atoms with E-state index in [1.807, 2.05) is 42.5 Å². The highest BCUT2D eigenvalue weighted by Gasteiger charge is 2.22. The molecular weight excluding hydrogens is 338 g/mol. The Bertz CT molecular complexity index is 910. The molecule has 1 atom stereocenters. The lowest BCUT2D eigenvalue weighted by Gasteiger charge is -2.18.